The number of ether oxygens (including phenoxy) is 1. The van der Waals surface area contributed by atoms with Gasteiger partial charge in [-0.15, -0.1) is 0 Å². The first-order valence-electron chi connectivity index (χ1n) is 12.6. The molecular weight excluding hydrogens is 553 g/mol. The Balaban J connectivity index is 1.20. The molecule has 0 amide bonds. The summed E-state index contributed by atoms with van der Waals surface area (Å²) in [6.07, 6.45) is 2.83. The fraction of sp³-hybridized carbons (Fsp3) is 0.179. The van der Waals surface area contributed by atoms with Crippen molar-refractivity contribution in [2.24, 2.45) is 0 Å². The fourth-order valence-electron chi connectivity index (χ4n) is 4.43. The minimum absolute atomic E-state index is 0.00902. The van der Waals surface area contributed by atoms with E-state index in [0.29, 0.717) is 46.0 Å². The normalized spacial score (nSPS) is 14.7. The molecule has 40 heavy (non-hydrogen) atoms. The molecule has 1 aliphatic heterocycles. The summed E-state index contributed by atoms with van der Waals surface area (Å²) in [6.45, 7) is 0.789. The first-order chi connectivity index (χ1) is 19.4. The van der Waals surface area contributed by atoms with E-state index in [1.54, 1.807) is 30.5 Å². The minimum atomic E-state index is -1.38. The molecular formula is C28H23ClFN5O4Si. The molecule has 1 atom stereocenters. The Bertz CT molecular complexity index is 1710. The number of carboxylic acid groups (broad SMARTS) is 1. The van der Waals surface area contributed by atoms with Gasteiger partial charge in [0.05, 0.1) is 0 Å². The van der Waals surface area contributed by atoms with Crippen LogP contribution >= 0.6 is 11.6 Å². The number of nitrogens with zero attached hydrogens (tertiary/aromatic N) is 5. The maximum absolute atomic E-state index is 14.1. The summed E-state index contributed by atoms with van der Waals surface area (Å²) in [5.41, 5.74) is 3.40. The zero-order chi connectivity index (χ0) is 27.6. The van der Waals surface area contributed by atoms with Crippen molar-refractivity contribution in [1.82, 2.24) is 24.5 Å². The van der Waals surface area contributed by atoms with Gasteiger partial charge in [-0.3, -0.25) is 0 Å². The van der Waals surface area contributed by atoms with Crippen molar-refractivity contribution in [3.8, 4) is 17.3 Å². The highest BCUT2D eigenvalue weighted by Crippen LogP contribution is 2.24. The van der Waals surface area contributed by atoms with Gasteiger partial charge in [0.15, 0.2) is 26.2 Å². The van der Waals surface area contributed by atoms with E-state index >= 15 is 0 Å². The number of carbonyl (C=O) groups is 1. The van der Waals surface area contributed by atoms with E-state index in [4.69, 9.17) is 25.7 Å². The summed E-state index contributed by atoms with van der Waals surface area (Å²) in [5.74, 6) is 0.102. The van der Waals surface area contributed by atoms with Gasteiger partial charge in [-0.1, -0.05) is 41.9 Å². The lowest BCUT2D eigenvalue weighted by molar-refractivity contribution is 0.0691. The SMILES string of the molecule is O=C(O)c1ccc2nc(Cc3ccc(-c4nccc(OCc5ccc(Cl)cc5F)n4)cc3)n(C[Si@@H]3CCO3)c2n1. The average molecular weight is 576 g/mol. The summed E-state index contributed by atoms with van der Waals surface area (Å²) in [5, 5.41) is 9.73. The zero-order valence-corrected chi connectivity index (χ0v) is 23.0. The number of imidazole rings is 1. The first kappa shape index (κ1) is 26.1. The monoisotopic (exact) mass is 575 g/mol. The van der Waals surface area contributed by atoms with Gasteiger partial charge in [-0.25, -0.2) is 24.1 Å². The third-order valence-corrected chi connectivity index (χ3v) is 9.26. The van der Waals surface area contributed by atoms with E-state index in [0.717, 1.165) is 29.6 Å². The summed E-state index contributed by atoms with van der Waals surface area (Å²) in [6, 6.07) is 18.1. The Labute approximate surface area is 235 Å². The molecule has 1 aliphatic rings. The summed E-state index contributed by atoms with van der Waals surface area (Å²) in [4.78, 5) is 29.5. The summed E-state index contributed by atoms with van der Waals surface area (Å²) >= 11 is 5.82. The summed E-state index contributed by atoms with van der Waals surface area (Å²) < 4.78 is 27.5. The van der Waals surface area contributed by atoms with Gasteiger partial charge in [-0.2, -0.15) is 4.98 Å². The van der Waals surface area contributed by atoms with Gasteiger partial charge in [0.25, 0.3) is 0 Å². The van der Waals surface area contributed by atoms with Gasteiger partial charge >= 0.3 is 5.97 Å². The number of aromatic nitrogens is 5. The van der Waals surface area contributed by atoms with Crippen LogP contribution in [-0.2, 0) is 23.6 Å². The smallest absolute Gasteiger partial charge is 0.354 e. The number of halogens is 2. The minimum Gasteiger partial charge on any atom is -0.477 e. The highest BCUT2D eigenvalue weighted by atomic mass is 35.5. The van der Waals surface area contributed by atoms with Gasteiger partial charge < -0.3 is 18.8 Å². The number of carboxylic acids is 1. The van der Waals surface area contributed by atoms with Crippen LogP contribution in [0.15, 0.2) is 66.9 Å². The van der Waals surface area contributed by atoms with Crippen LogP contribution in [0.5, 0.6) is 5.88 Å². The number of aromatic carboxylic acids is 1. The van der Waals surface area contributed by atoms with Crippen LogP contribution in [0.4, 0.5) is 4.39 Å². The van der Waals surface area contributed by atoms with E-state index in [2.05, 4.69) is 15.0 Å². The molecule has 0 radical (unpaired) electrons. The van der Waals surface area contributed by atoms with Crippen LogP contribution in [0.2, 0.25) is 11.1 Å². The Morgan fingerprint density at radius 1 is 1.10 bits per heavy atom. The molecule has 9 nitrogen and oxygen atoms in total. The number of hydrogen-bond donors (Lipinski definition) is 1. The van der Waals surface area contributed by atoms with Crippen LogP contribution in [-0.4, -0.2) is 51.2 Å². The molecule has 0 bridgehead atoms. The highest BCUT2D eigenvalue weighted by molar-refractivity contribution is 6.53. The van der Waals surface area contributed by atoms with Crippen molar-refractivity contribution in [3.05, 3.63) is 100 Å². The average Bonchev–Trinajstić information content (AvgIpc) is 3.26. The molecule has 12 heteroatoms. The Morgan fingerprint density at radius 2 is 1.93 bits per heavy atom. The third-order valence-electron chi connectivity index (χ3n) is 6.67. The van der Waals surface area contributed by atoms with E-state index in [9.17, 15) is 14.3 Å². The standard InChI is InChI=1S/C28H23ClFN5O4Si/c29-20-6-5-19(21(30)14-20)15-38-25-9-10-31-26(34-25)18-3-1-17(2-4-18)13-24-32-22-7-8-23(28(36)37)33-27(22)35(24)16-40-12-11-39-40/h1-10,14,40H,11-13,15-16H2,(H,36,37)/t40-/m0/s1. The lowest BCUT2D eigenvalue weighted by Crippen LogP contribution is -2.36. The summed E-state index contributed by atoms with van der Waals surface area (Å²) in [7, 11) is -1.38. The number of pyridine rings is 1. The van der Waals surface area contributed by atoms with Crippen molar-refractivity contribution < 1.29 is 23.5 Å². The van der Waals surface area contributed by atoms with Crippen molar-refractivity contribution >= 4 is 37.8 Å². The lowest BCUT2D eigenvalue weighted by atomic mass is 10.1. The van der Waals surface area contributed by atoms with E-state index in [-0.39, 0.29) is 12.3 Å². The van der Waals surface area contributed by atoms with Crippen LogP contribution in [0.1, 0.15) is 27.4 Å². The Kier molecular flexibility index (Phi) is 7.24. The molecule has 2 aromatic carbocycles. The van der Waals surface area contributed by atoms with Gasteiger partial charge in [0, 0.05) is 47.6 Å². The maximum Gasteiger partial charge on any atom is 0.354 e. The molecule has 0 aliphatic carbocycles. The highest BCUT2D eigenvalue weighted by Gasteiger charge is 2.25. The second kappa shape index (κ2) is 11.1. The van der Waals surface area contributed by atoms with E-state index in [1.165, 1.54) is 12.1 Å². The first-order valence-corrected chi connectivity index (χ1v) is 15.1. The van der Waals surface area contributed by atoms with E-state index < -0.39 is 20.8 Å². The molecule has 3 aromatic heterocycles. The molecule has 0 spiro atoms. The zero-order valence-electron chi connectivity index (χ0n) is 21.1. The number of hydrogen-bond acceptors (Lipinski definition) is 7. The van der Waals surface area contributed by atoms with Crippen molar-refractivity contribution in [1.29, 1.82) is 0 Å². The van der Waals surface area contributed by atoms with Gasteiger partial charge in [-0.05, 0) is 35.9 Å². The van der Waals surface area contributed by atoms with Gasteiger partial charge in [0.2, 0.25) is 5.88 Å². The fourth-order valence-corrected chi connectivity index (χ4v) is 6.24. The molecule has 6 rings (SSSR count). The molecule has 202 valence electrons. The largest absolute Gasteiger partial charge is 0.477 e. The topological polar surface area (TPSA) is 112 Å². The van der Waals surface area contributed by atoms with Crippen molar-refractivity contribution in [3.63, 3.8) is 0 Å². The van der Waals surface area contributed by atoms with Crippen molar-refractivity contribution in [2.75, 3.05) is 6.61 Å². The second-order valence-corrected chi connectivity index (χ2v) is 12.3. The molecule has 0 unspecified atom stereocenters. The Hall–Kier alpha value is -4.19. The second-order valence-electron chi connectivity index (χ2n) is 9.38. The predicted molar refractivity (Wildman–Crippen MR) is 148 cm³/mol. The number of benzene rings is 2. The van der Waals surface area contributed by atoms with E-state index in [1.807, 2.05) is 28.8 Å². The molecule has 1 fully saturated rings. The van der Waals surface area contributed by atoms with Crippen LogP contribution in [0.25, 0.3) is 22.6 Å². The lowest BCUT2D eigenvalue weighted by Gasteiger charge is -2.26. The van der Waals surface area contributed by atoms with Crippen LogP contribution < -0.4 is 4.74 Å². The van der Waals surface area contributed by atoms with Crippen LogP contribution in [0, 0.1) is 5.82 Å². The van der Waals surface area contributed by atoms with Crippen LogP contribution in [0.3, 0.4) is 0 Å². The Morgan fingerprint density at radius 3 is 2.65 bits per heavy atom. The number of fused-ring (bicyclic) bond motifs is 1. The molecule has 4 heterocycles. The quantitative estimate of drug-likeness (QED) is 0.248. The molecule has 5 aromatic rings. The molecule has 1 N–H and O–H groups in total. The predicted octanol–water partition coefficient (Wildman–Crippen LogP) is 4.84. The van der Waals surface area contributed by atoms with Gasteiger partial charge in [0.1, 0.15) is 23.8 Å². The number of rotatable bonds is 9. The molecule has 1 saturated heterocycles. The maximum atomic E-state index is 14.1. The molecule has 0 saturated carbocycles. The van der Waals surface area contributed by atoms with Crippen molar-refractivity contribution in [2.45, 2.75) is 25.2 Å². The third kappa shape index (κ3) is 5.57.